The van der Waals surface area contributed by atoms with Crippen molar-refractivity contribution in [2.24, 2.45) is 5.16 Å². The number of nitrogens with zero attached hydrogens (tertiary/aromatic N) is 3. The van der Waals surface area contributed by atoms with Crippen LogP contribution in [0, 0.1) is 0 Å². The minimum atomic E-state index is -1.71. The maximum atomic E-state index is 12.7. The molecule has 0 unspecified atom stereocenters. The van der Waals surface area contributed by atoms with Gasteiger partial charge >= 0.3 is 5.97 Å². The summed E-state index contributed by atoms with van der Waals surface area (Å²) < 4.78 is 0. The molecule has 0 bridgehead atoms. The Bertz CT molecular complexity index is 850. The van der Waals surface area contributed by atoms with Crippen LogP contribution in [0.3, 0.4) is 0 Å². The Labute approximate surface area is 163 Å². The molecule has 0 spiro atoms. The molecule has 1 fully saturated rings. The number of carboxylic acids is 1. The van der Waals surface area contributed by atoms with E-state index >= 15 is 0 Å². The number of carboxylic acid groups (broad SMARTS) is 1. The third kappa shape index (κ3) is 4.36. The summed E-state index contributed by atoms with van der Waals surface area (Å²) in [6.45, 7) is 3.78. The molecule has 0 aromatic carbocycles. The minimum Gasteiger partial charge on any atom is -0.478 e. The van der Waals surface area contributed by atoms with Crippen LogP contribution >= 0.6 is 11.3 Å². The van der Waals surface area contributed by atoms with Gasteiger partial charge in [-0.05, 0) is 13.8 Å². The van der Waals surface area contributed by atoms with Gasteiger partial charge in [-0.15, -0.1) is 11.3 Å². The number of anilines is 1. The van der Waals surface area contributed by atoms with Crippen molar-refractivity contribution < 1.29 is 29.1 Å². The fourth-order valence-electron chi connectivity index (χ4n) is 2.17. The zero-order valence-corrected chi connectivity index (χ0v) is 16.4. The molecule has 0 radical (unpaired) electrons. The monoisotopic (exact) mass is 412 g/mol. The molecule has 1 aliphatic heterocycles. The van der Waals surface area contributed by atoms with E-state index in [1.807, 2.05) is 0 Å². The number of carbonyl (C=O) groups excluding carboxylic acids is 3. The van der Waals surface area contributed by atoms with Crippen molar-refractivity contribution in [2.75, 3.05) is 12.8 Å². The second-order valence-corrected chi connectivity index (χ2v) is 7.35. The number of amides is 3. The largest absolute Gasteiger partial charge is 0.478 e. The molecule has 1 aromatic rings. The predicted molar refractivity (Wildman–Crippen MR) is 98.2 cm³/mol. The fourth-order valence-corrected chi connectivity index (χ4v) is 2.72. The van der Waals surface area contributed by atoms with Crippen molar-refractivity contribution in [3.8, 4) is 0 Å². The molecule has 1 saturated heterocycles. The number of nitrogens with one attached hydrogen (secondary N) is 2. The minimum absolute atomic E-state index is 0.0531. The molecule has 1 aromatic heterocycles. The molecule has 12 nitrogen and oxygen atoms in total. The van der Waals surface area contributed by atoms with Gasteiger partial charge in [-0.3, -0.25) is 14.4 Å². The smallest absolute Gasteiger partial charge is 0.350 e. The van der Waals surface area contributed by atoms with E-state index in [1.165, 1.54) is 38.1 Å². The Hall–Kier alpha value is -3.22. The molecule has 0 aliphatic carbocycles. The molecular formula is C15H20N6O6S. The van der Waals surface area contributed by atoms with Gasteiger partial charge in [0, 0.05) is 19.4 Å². The van der Waals surface area contributed by atoms with Gasteiger partial charge in [0.1, 0.15) is 17.9 Å². The van der Waals surface area contributed by atoms with E-state index in [2.05, 4.69) is 20.8 Å². The van der Waals surface area contributed by atoms with Crippen LogP contribution in [0.4, 0.5) is 5.13 Å². The van der Waals surface area contributed by atoms with Crippen molar-refractivity contribution in [1.82, 2.24) is 20.5 Å². The lowest BCUT2D eigenvalue weighted by atomic mass is 10.0. The lowest BCUT2D eigenvalue weighted by Gasteiger charge is -2.44. The molecule has 13 heteroatoms. The Morgan fingerprint density at radius 1 is 1.39 bits per heavy atom. The number of carbonyl (C=O) groups is 4. The summed E-state index contributed by atoms with van der Waals surface area (Å²) in [6.07, 6.45) is -0.730. The topological polar surface area (TPSA) is 176 Å². The third-order valence-corrected chi connectivity index (χ3v) is 4.52. The van der Waals surface area contributed by atoms with Crippen LogP contribution in [0.15, 0.2) is 10.5 Å². The molecule has 2 heterocycles. The number of β-lactam (4-membered cyclic amide) rings is 1. The SMILES string of the molecule is CC(=O)N[C@H]1[C@@H](NC(=O)C(=NOC(C)(C)C(=O)O)c2csc(N)n2)C(=O)N1C. The van der Waals surface area contributed by atoms with Gasteiger partial charge in [0.05, 0.1) is 0 Å². The normalized spacial score (nSPS) is 19.6. The van der Waals surface area contributed by atoms with Crippen LogP contribution in [-0.2, 0) is 24.0 Å². The number of oxime groups is 1. The highest BCUT2D eigenvalue weighted by Gasteiger charge is 2.47. The lowest BCUT2D eigenvalue weighted by molar-refractivity contribution is -0.161. The van der Waals surface area contributed by atoms with Gasteiger partial charge < -0.3 is 31.2 Å². The number of thiazole rings is 1. The average molecular weight is 412 g/mol. The summed E-state index contributed by atoms with van der Waals surface area (Å²) >= 11 is 1.04. The lowest BCUT2D eigenvalue weighted by Crippen LogP contribution is -2.75. The number of nitrogens with two attached hydrogens (primary N) is 1. The molecule has 2 rings (SSSR count). The number of nitrogen functional groups attached to an aromatic ring is 1. The van der Waals surface area contributed by atoms with E-state index < -0.39 is 35.6 Å². The highest BCUT2D eigenvalue weighted by molar-refractivity contribution is 7.13. The third-order valence-electron chi connectivity index (χ3n) is 3.84. The molecule has 28 heavy (non-hydrogen) atoms. The highest BCUT2D eigenvalue weighted by Crippen LogP contribution is 2.18. The van der Waals surface area contributed by atoms with Crippen molar-refractivity contribution in [3.63, 3.8) is 0 Å². The average Bonchev–Trinajstić information content (AvgIpc) is 3.03. The van der Waals surface area contributed by atoms with Crippen LogP contribution in [0.2, 0.25) is 0 Å². The highest BCUT2D eigenvalue weighted by atomic mass is 32.1. The molecule has 3 amide bonds. The Kier molecular flexibility index (Phi) is 5.87. The number of likely N-dealkylation sites (N-methyl/N-ethyl adjacent to an activating group) is 1. The number of likely N-dealkylation sites (tertiary alicyclic amines) is 1. The Balaban J connectivity index is 2.25. The first-order chi connectivity index (χ1) is 12.9. The van der Waals surface area contributed by atoms with Crippen LogP contribution in [-0.4, -0.2) is 69.2 Å². The Morgan fingerprint density at radius 3 is 2.54 bits per heavy atom. The van der Waals surface area contributed by atoms with E-state index in [4.69, 9.17) is 15.7 Å². The summed E-state index contributed by atoms with van der Waals surface area (Å²) in [6, 6.07) is -1.02. The van der Waals surface area contributed by atoms with Crippen molar-refractivity contribution >= 4 is 45.9 Å². The van der Waals surface area contributed by atoms with Crippen LogP contribution in [0.1, 0.15) is 26.5 Å². The van der Waals surface area contributed by atoms with E-state index in [0.29, 0.717) is 0 Å². The zero-order chi connectivity index (χ0) is 21.2. The molecule has 1 aliphatic rings. The zero-order valence-electron chi connectivity index (χ0n) is 15.5. The van der Waals surface area contributed by atoms with Gasteiger partial charge in [0.2, 0.25) is 11.5 Å². The molecule has 0 saturated carbocycles. The van der Waals surface area contributed by atoms with Crippen LogP contribution in [0.5, 0.6) is 0 Å². The van der Waals surface area contributed by atoms with Crippen molar-refractivity contribution in [3.05, 3.63) is 11.1 Å². The van der Waals surface area contributed by atoms with Gasteiger partial charge in [-0.2, -0.15) is 0 Å². The quantitative estimate of drug-likeness (QED) is 0.243. The maximum absolute atomic E-state index is 12.7. The molecule has 152 valence electrons. The standard InChI is InChI=1S/C15H20N6O6S/c1-6(22)17-10-9(12(24)21(10)4)19-11(23)8(7-5-28-14(16)18-7)20-27-15(2,3)13(25)26/h5,9-10H,1-4H3,(H2,16,18)(H,17,22)(H,19,23)(H,25,26)/t9-,10-/m1/s1. The first-order valence-corrected chi connectivity index (χ1v) is 8.87. The second-order valence-electron chi connectivity index (χ2n) is 6.46. The summed E-state index contributed by atoms with van der Waals surface area (Å²) in [5.74, 6) is -2.93. The summed E-state index contributed by atoms with van der Waals surface area (Å²) in [5, 5.41) is 19.3. The summed E-state index contributed by atoms with van der Waals surface area (Å²) in [4.78, 5) is 57.4. The Morgan fingerprint density at radius 2 is 2.04 bits per heavy atom. The molecule has 5 N–H and O–H groups in total. The van der Waals surface area contributed by atoms with Crippen molar-refractivity contribution in [1.29, 1.82) is 0 Å². The van der Waals surface area contributed by atoms with E-state index in [9.17, 15) is 19.2 Å². The second kappa shape index (κ2) is 7.80. The van der Waals surface area contributed by atoms with Gasteiger partial charge in [-0.25, -0.2) is 9.78 Å². The number of aromatic nitrogens is 1. The van der Waals surface area contributed by atoms with E-state index in [1.54, 1.807) is 0 Å². The molecule has 2 atom stereocenters. The fraction of sp³-hybridized carbons (Fsp3) is 0.467. The maximum Gasteiger partial charge on any atom is 0.350 e. The number of hydrogen-bond acceptors (Lipinski definition) is 9. The predicted octanol–water partition coefficient (Wildman–Crippen LogP) is -1.27. The number of hydrogen-bond donors (Lipinski definition) is 4. The number of aliphatic carboxylic acids is 1. The van der Waals surface area contributed by atoms with E-state index in [0.717, 1.165) is 11.3 Å². The number of rotatable bonds is 7. The van der Waals surface area contributed by atoms with Crippen LogP contribution in [0.25, 0.3) is 0 Å². The molecular weight excluding hydrogens is 392 g/mol. The first kappa shape index (κ1) is 21.1. The summed E-state index contributed by atoms with van der Waals surface area (Å²) in [5.41, 5.74) is 3.57. The van der Waals surface area contributed by atoms with E-state index in [-0.39, 0.29) is 22.4 Å². The van der Waals surface area contributed by atoms with Crippen molar-refractivity contribution in [2.45, 2.75) is 38.6 Å². The van der Waals surface area contributed by atoms with Gasteiger partial charge in [-0.1, -0.05) is 5.16 Å². The van der Waals surface area contributed by atoms with Crippen LogP contribution < -0.4 is 16.4 Å². The van der Waals surface area contributed by atoms with Gasteiger partial charge in [0.15, 0.2) is 10.8 Å². The summed E-state index contributed by atoms with van der Waals surface area (Å²) in [7, 11) is 1.47. The van der Waals surface area contributed by atoms with Gasteiger partial charge in [0.25, 0.3) is 11.8 Å². The first-order valence-electron chi connectivity index (χ1n) is 7.99.